The Morgan fingerprint density at radius 2 is 1.34 bits per heavy atom. The van der Waals surface area contributed by atoms with Crippen molar-refractivity contribution in [3.05, 3.63) is 89.0 Å². The van der Waals surface area contributed by atoms with Crippen LogP contribution in [-0.2, 0) is 6.42 Å². The summed E-state index contributed by atoms with van der Waals surface area (Å²) in [7, 11) is 1.84. The van der Waals surface area contributed by atoms with Crippen LogP contribution in [0, 0.1) is 6.92 Å². The van der Waals surface area contributed by atoms with Crippen LogP contribution in [0.5, 0.6) is 0 Å². The van der Waals surface area contributed by atoms with Crippen molar-refractivity contribution in [1.82, 2.24) is 0 Å². The highest BCUT2D eigenvalue weighted by molar-refractivity contribution is 6.22. The zero-order valence-corrected chi connectivity index (χ0v) is 19.9. The van der Waals surface area contributed by atoms with Crippen molar-refractivity contribution in [3.63, 3.8) is 0 Å². The predicted molar refractivity (Wildman–Crippen MR) is 134 cm³/mol. The van der Waals surface area contributed by atoms with Gasteiger partial charge in [0.1, 0.15) is 0 Å². The van der Waals surface area contributed by atoms with Gasteiger partial charge in [-0.3, -0.25) is 4.99 Å². The van der Waals surface area contributed by atoms with E-state index in [9.17, 15) is 0 Å². The summed E-state index contributed by atoms with van der Waals surface area (Å²) in [6, 6.07) is 17.5. The molecule has 0 heterocycles. The number of rotatable bonds is 6. The molecule has 0 radical (unpaired) electrons. The van der Waals surface area contributed by atoms with E-state index in [-0.39, 0.29) is 0 Å². The van der Waals surface area contributed by atoms with Crippen molar-refractivity contribution in [2.75, 3.05) is 7.05 Å². The van der Waals surface area contributed by atoms with Crippen molar-refractivity contribution in [1.29, 1.82) is 0 Å². The molecule has 2 rings (SSSR count). The second kappa shape index (κ2) is 16.5. The predicted octanol–water partition coefficient (Wildman–Crippen LogP) is 8.47. The average Bonchev–Trinajstić information content (AvgIpc) is 2.78. The minimum atomic E-state index is 0.968. The van der Waals surface area contributed by atoms with E-state index < -0.39 is 0 Å². The van der Waals surface area contributed by atoms with Gasteiger partial charge >= 0.3 is 0 Å². The lowest BCUT2D eigenvalue weighted by molar-refractivity contribution is 0.886. The van der Waals surface area contributed by atoms with Crippen LogP contribution in [0.1, 0.15) is 76.6 Å². The minimum Gasteiger partial charge on any atom is -0.293 e. The van der Waals surface area contributed by atoms with Crippen molar-refractivity contribution >= 4 is 11.3 Å². The molecule has 1 heteroatoms. The first-order valence-electron chi connectivity index (χ1n) is 11.0. The molecule has 0 unspecified atom stereocenters. The first-order valence-corrected chi connectivity index (χ1v) is 11.0. The Morgan fingerprint density at radius 3 is 1.76 bits per heavy atom. The molecule has 0 amide bonds. The average molecular weight is 392 g/mol. The number of hydrogen-bond acceptors (Lipinski definition) is 1. The minimum absolute atomic E-state index is 0.968. The van der Waals surface area contributed by atoms with Gasteiger partial charge in [-0.2, -0.15) is 0 Å². The number of aryl methyl sites for hydroxylation is 1. The Labute approximate surface area is 180 Å². The van der Waals surface area contributed by atoms with Gasteiger partial charge in [0.05, 0.1) is 0 Å². The fourth-order valence-corrected chi connectivity index (χ4v) is 2.48. The Kier molecular flexibility index (Phi) is 15.2. The maximum atomic E-state index is 4.33. The zero-order valence-electron chi connectivity index (χ0n) is 19.9. The smallest absolute Gasteiger partial charge is 0.0392 e. The van der Waals surface area contributed by atoms with E-state index in [1.807, 2.05) is 33.9 Å². The quantitative estimate of drug-likeness (QED) is 0.346. The Balaban J connectivity index is 0.00000116. The van der Waals surface area contributed by atoms with Crippen LogP contribution in [0.2, 0.25) is 0 Å². The Hall–Kier alpha value is -2.41. The summed E-state index contributed by atoms with van der Waals surface area (Å²) in [6.07, 6.45) is 9.82. The molecule has 0 bridgehead atoms. The van der Waals surface area contributed by atoms with E-state index in [1.165, 1.54) is 40.7 Å². The van der Waals surface area contributed by atoms with E-state index >= 15 is 0 Å². The first-order chi connectivity index (χ1) is 14.0. The largest absolute Gasteiger partial charge is 0.293 e. The molecule has 0 aliphatic heterocycles. The highest BCUT2D eigenvalue weighted by atomic mass is 14.7. The number of hydrogen-bond donors (Lipinski definition) is 0. The van der Waals surface area contributed by atoms with Gasteiger partial charge in [-0.15, -0.1) is 0 Å². The van der Waals surface area contributed by atoms with Crippen molar-refractivity contribution in [2.24, 2.45) is 4.99 Å². The molecule has 2 aromatic carbocycles. The molecule has 2 aromatic rings. The van der Waals surface area contributed by atoms with E-state index in [0.717, 1.165) is 12.1 Å². The molecule has 158 valence electrons. The van der Waals surface area contributed by atoms with Crippen LogP contribution in [0.15, 0.2) is 71.8 Å². The van der Waals surface area contributed by atoms with Gasteiger partial charge in [0.2, 0.25) is 0 Å². The molecule has 0 saturated heterocycles. The summed E-state index contributed by atoms with van der Waals surface area (Å²) in [5.41, 5.74) is 7.41. The highest BCUT2D eigenvalue weighted by Crippen LogP contribution is 2.19. The van der Waals surface area contributed by atoms with Gasteiger partial charge in [-0.25, -0.2) is 0 Å². The summed E-state index contributed by atoms with van der Waals surface area (Å²) >= 11 is 0. The highest BCUT2D eigenvalue weighted by Gasteiger charge is 2.04. The number of unbranched alkanes of at least 4 members (excludes halogenated alkanes) is 1. The molecule has 0 aliphatic rings. The third-order valence-corrected chi connectivity index (χ3v) is 4.47. The van der Waals surface area contributed by atoms with E-state index in [0.29, 0.717) is 0 Å². The molecule has 0 N–H and O–H groups in total. The Morgan fingerprint density at radius 1 is 0.862 bits per heavy atom. The maximum absolute atomic E-state index is 4.33. The van der Waals surface area contributed by atoms with Gasteiger partial charge < -0.3 is 0 Å². The number of benzene rings is 2. The lowest BCUT2D eigenvalue weighted by Crippen LogP contribution is -1.97. The topological polar surface area (TPSA) is 12.4 Å². The standard InChI is InChI=1S/C22H25N.C4H10.C2H6/c1-5-6-7-22(18(3)23-4)21-14-12-20(13-15-21)16-19-10-8-17(2)9-11-19;1-3-4-2;1-2/h5-15H,16H2,1-4H3;3-4H2,1-2H3;1-2H3/b6-5-,22-7+,23-18?;;. The molecule has 29 heavy (non-hydrogen) atoms. The van der Waals surface area contributed by atoms with Crippen LogP contribution in [-0.4, -0.2) is 12.8 Å². The van der Waals surface area contributed by atoms with Gasteiger partial charge in [0.25, 0.3) is 0 Å². The maximum Gasteiger partial charge on any atom is 0.0392 e. The summed E-state index contributed by atoms with van der Waals surface area (Å²) in [5.74, 6) is 0. The second-order valence-corrected chi connectivity index (χ2v) is 6.77. The third kappa shape index (κ3) is 10.6. The molecular formula is C28H41N. The normalized spacial score (nSPS) is 11.4. The van der Waals surface area contributed by atoms with Gasteiger partial charge in [0.15, 0.2) is 0 Å². The van der Waals surface area contributed by atoms with Gasteiger partial charge in [-0.05, 0) is 43.9 Å². The number of aliphatic imine (C=N–C) groups is 1. The molecule has 0 aromatic heterocycles. The summed E-state index contributed by atoms with van der Waals surface area (Å²) in [4.78, 5) is 4.33. The first kappa shape index (κ1) is 26.6. The fraction of sp³-hybridized carbons (Fsp3) is 0.393. The number of nitrogens with zero attached hydrogens (tertiary/aromatic N) is 1. The lowest BCUT2D eigenvalue weighted by Gasteiger charge is -2.09. The molecule has 0 atom stereocenters. The van der Waals surface area contributed by atoms with Crippen LogP contribution < -0.4 is 0 Å². The van der Waals surface area contributed by atoms with Crippen molar-refractivity contribution in [3.8, 4) is 0 Å². The van der Waals surface area contributed by atoms with Crippen LogP contribution in [0.3, 0.4) is 0 Å². The van der Waals surface area contributed by atoms with Crippen LogP contribution in [0.4, 0.5) is 0 Å². The zero-order chi connectivity index (χ0) is 22.1. The summed E-state index contributed by atoms with van der Waals surface area (Å²) < 4.78 is 0. The van der Waals surface area contributed by atoms with E-state index in [1.54, 1.807) is 0 Å². The lowest BCUT2D eigenvalue weighted by atomic mass is 9.97. The Bertz CT molecular complexity index is 742. The molecule has 0 spiro atoms. The fourth-order valence-electron chi connectivity index (χ4n) is 2.48. The van der Waals surface area contributed by atoms with E-state index in [2.05, 4.69) is 93.4 Å². The molecule has 0 saturated carbocycles. The summed E-state index contributed by atoms with van der Waals surface area (Å²) in [5, 5.41) is 0. The van der Waals surface area contributed by atoms with Crippen LogP contribution >= 0.6 is 0 Å². The summed E-state index contributed by atoms with van der Waals surface area (Å²) in [6.45, 7) is 14.6. The molecular weight excluding hydrogens is 350 g/mol. The SMILES string of the molecule is C/C=C\C=C(/C(C)=NC)c1ccc(Cc2ccc(C)cc2)cc1.CC.CCCC. The second-order valence-electron chi connectivity index (χ2n) is 6.77. The third-order valence-electron chi connectivity index (χ3n) is 4.47. The monoisotopic (exact) mass is 391 g/mol. The van der Waals surface area contributed by atoms with Crippen molar-refractivity contribution in [2.45, 2.75) is 67.7 Å². The molecule has 0 aliphatic carbocycles. The number of allylic oxidation sites excluding steroid dienone is 4. The molecule has 0 fully saturated rings. The van der Waals surface area contributed by atoms with Crippen LogP contribution in [0.25, 0.3) is 5.57 Å². The van der Waals surface area contributed by atoms with Gasteiger partial charge in [0, 0.05) is 18.3 Å². The molecule has 1 nitrogen and oxygen atoms in total. The van der Waals surface area contributed by atoms with E-state index in [4.69, 9.17) is 0 Å². The van der Waals surface area contributed by atoms with Gasteiger partial charge in [-0.1, -0.05) is 113 Å². The van der Waals surface area contributed by atoms with Crippen molar-refractivity contribution < 1.29 is 0 Å².